The number of carboxylic acids is 1. The number of aliphatic hydroxyl groups excluding tert-OH is 1. The number of aliphatic hydroxyl groups is 1. The van der Waals surface area contributed by atoms with E-state index in [1.165, 1.54) is 6.21 Å². The van der Waals surface area contributed by atoms with Crippen molar-refractivity contribution in [1.29, 1.82) is 0 Å². The van der Waals surface area contributed by atoms with Crippen LogP contribution in [0.25, 0.3) is 0 Å². The molecule has 0 heterocycles. The Morgan fingerprint density at radius 1 is 1.07 bits per heavy atom. The number of ketones is 1. The highest BCUT2D eigenvalue weighted by molar-refractivity contribution is 6.14. The minimum atomic E-state index is -1.07. The van der Waals surface area contributed by atoms with Crippen molar-refractivity contribution in [2.45, 2.75) is 31.2 Å². The number of rotatable bonds is 6. The number of carbonyl (C=O) groups excluding carboxylic acids is 1. The Morgan fingerprint density at radius 2 is 1.70 bits per heavy atom. The van der Waals surface area contributed by atoms with Crippen molar-refractivity contribution in [2.75, 3.05) is 0 Å². The Bertz CT molecular complexity index is 872. The SMILES string of the molecule is O=C1CC(c2ccccc2)CC(O)=C1C=N[C@H](Cc1ccccc1)C(=O)O. The van der Waals surface area contributed by atoms with Crippen LogP contribution in [0.4, 0.5) is 0 Å². The molecule has 0 aromatic heterocycles. The van der Waals surface area contributed by atoms with Crippen molar-refractivity contribution in [3.8, 4) is 0 Å². The lowest BCUT2D eigenvalue weighted by atomic mass is 9.83. The van der Waals surface area contributed by atoms with Crippen LogP contribution < -0.4 is 0 Å². The smallest absolute Gasteiger partial charge is 0.328 e. The van der Waals surface area contributed by atoms with E-state index in [-0.39, 0.29) is 35.9 Å². The molecule has 1 aliphatic carbocycles. The van der Waals surface area contributed by atoms with Crippen molar-refractivity contribution in [1.82, 2.24) is 0 Å². The van der Waals surface area contributed by atoms with Crippen molar-refractivity contribution in [3.63, 3.8) is 0 Å². The minimum absolute atomic E-state index is 0.0345. The number of hydrogen-bond donors (Lipinski definition) is 2. The van der Waals surface area contributed by atoms with Crippen LogP contribution in [0.3, 0.4) is 0 Å². The monoisotopic (exact) mass is 363 g/mol. The van der Waals surface area contributed by atoms with Crippen LogP contribution in [0, 0.1) is 0 Å². The molecule has 2 aromatic carbocycles. The van der Waals surface area contributed by atoms with Crippen LogP contribution in [0.2, 0.25) is 0 Å². The summed E-state index contributed by atoms with van der Waals surface area (Å²) in [5.74, 6) is -1.40. The molecule has 2 aromatic rings. The molecule has 0 radical (unpaired) electrons. The standard InChI is InChI=1S/C22H21NO4/c24-20-12-17(16-9-5-2-6-10-16)13-21(25)18(20)14-23-19(22(26)27)11-15-7-3-1-4-8-15/h1-10,14,17,19,24H,11-13H2,(H,26,27)/t17?,19-/m1/s1. The summed E-state index contributed by atoms with van der Waals surface area (Å²) in [6, 6.07) is 17.8. The fraction of sp³-hybridized carbons (Fsp3) is 0.227. The minimum Gasteiger partial charge on any atom is -0.511 e. The summed E-state index contributed by atoms with van der Waals surface area (Å²) in [6.07, 6.45) is 2.06. The van der Waals surface area contributed by atoms with Crippen LogP contribution >= 0.6 is 0 Å². The molecule has 0 fully saturated rings. The molecule has 2 N–H and O–H groups in total. The van der Waals surface area contributed by atoms with Gasteiger partial charge in [0.05, 0.1) is 5.57 Å². The zero-order valence-corrected chi connectivity index (χ0v) is 14.8. The Balaban J connectivity index is 1.76. The highest BCUT2D eigenvalue weighted by atomic mass is 16.4. The summed E-state index contributed by atoms with van der Waals surface area (Å²) in [4.78, 5) is 28.0. The van der Waals surface area contributed by atoms with Gasteiger partial charge in [-0.2, -0.15) is 0 Å². The molecule has 0 saturated heterocycles. The van der Waals surface area contributed by atoms with Crippen molar-refractivity contribution >= 4 is 18.0 Å². The molecule has 1 unspecified atom stereocenters. The topological polar surface area (TPSA) is 87.0 Å². The lowest BCUT2D eigenvalue weighted by Gasteiger charge is -2.22. The van der Waals surface area contributed by atoms with Gasteiger partial charge in [0.15, 0.2) is 11.8 Å². The summed E-state index contributed by atoms with van der Waals surface area (Å²) in [7, 11) is 0. The van der Waals surface area contributed by atoms with Gasteiger partial charge in [-0.25, -0.2) is 4.79 Å². The maximum atomic E-state index is 12.5. The van der Waals surface area contributed by atoms with Crippen molar-refractivity contribution in [2.24, 2.45) is 4.99 Å². The Hall–Kier alpha value is -3.21. The fourth-order valence-electron chi connectivity index (χ4n) is 3.22. The second-order valence-electron chi connectivity index (χ2n) is 6.62. The molecule has 0 bridgehead atoms. The van der Waals surface area contributed by atoms with E-state index in [9.17, 15) is 19.8 Å². The second-order valence-corrected chi connectivity index (χ2v) is 6.62. The zero-order chi connectivity index (χ0) is 19.2. The first-order chi connectivity index (χ1) is 13.0. The lowest BCUT2D eigenvalue weighted by Crippen LogP contribution is -2.23. The fourth-order valence-corrected chi connectivity index (χ4v) is 3.22. The van der Waals surface area contributed by atoms with Crippen LogP contribution in [-0.4, -0.2) is 34.2 Å². The van der Waals surface area contributed by atoms with Gasteiger partial charge in [-0.15, -0.1) is 0 Å². The summed E-state index contributed by atoms with van der Waals surface area (Å²) < 4.78 is 0. The summed E-state index contributed by atoms with van der Waals surface area (Å²) in [6.45, 7) is 0. The number of carbonyl (C=O) groups is 2. The second kappa shape index (κ2) is 8.45. The Labute approximate surface area is 157 Å². The quantitative estimate of drug-likeness (QED) is 0.766. The number of aliphatic carboxylic acids is 1. The van der Waals surface area contributed by atoms with E-state index in [0.717, 1.165) is 11.1 Å². The predicted molar refractivity (Wildman–Crippen MR) is 103 cm³/mol. The predicted octanol–water partition coefficient (Wildman–Crippen LogP) is 3.71. The van der Waals surface area contributed by atoms with E-state index >= 15 is 0 Å². The van der Waals surface area contributed by atoms with Crippen molar-refractivity contribution < 1.29 is 19.8 Å². The average Bonchev–Trinajstić information content (AvgIpc) is 2.67. The molecule has 3 rings (SSSR count). The molecule has 0 saturated carbocycles. The van der Waals surface area contributed by atoms with E-state index in [1.54, 1.807) is 0 Å². The molecule has 0 amide bonds. The van der Waals surface area contributed by atoms with Gasteiger partial charge in [-0.3, -0.25) is 9.79 Å². The van der Waals surface area contributed by atoms with Crippen molar-refractivity contribution in [3.05, 3.63) is 83.1 Å². The molecule has 5 nitrogen and oxygen atoms in total. The lowest BCUT2D eigenvalue weighted by molar-refractivity contribution is -0.138. The molecule has 2 atom stereocenters. The number of nitrogens with zero attached hydrogens (tertiary/aromatic N) is 1. The van der Waals surface area contributed by atoms with Crippen LogP contribution in [-0.2, 0) is 16.0 Å². The average molecular weight is 363 g/mol. The normalized spacial score (nSPS) is 18.7. The first kappa shape index (κ1) is 18.6. The molecule has 5 heteroatoms. The highest BCUT2D eigenvalue weighted by Crippen LogP contribution is 2.32. The van der Waals surface area contributed by atoms with Gasteiger partial charge in [0.2, 0.25) is 0 Å². The largest absolute Gasteiger partial charge is 0.511 e. The molecule has 1 aliphatic rings. The first-order valence-electron chi connectivity index (χ1n) is 8.84. The summed E-state index contributed by atoms with van der Waals surface area (Å²) >= 11 is 0. The van der Waals surface area contributed by atoms with E-state index < -0.39 is 12.0 Å². The number of carboxylic acid groups (broad SMARTS) is 1. The molecule has 138 valence electrons. The van der Waals surface area contributed by atoms with Gasteiger partial charge < -0.3 is 10.2 Å². The Kier molecular flexibility index (Phi) is 5.81. The molecule has 0 spiro atoms. The summed E-state index contributed by atoms with van der Waals surface area (Å²) in [5.41, 5.74) is 1.96. The maximum absolute atomic E-state index is 12.5. The van der Waals surface area contributed by atoms with Gasteiger partial charge >= 0.3 is 5.97 Å². The van der Waals surface area contributed by atoms with Gasteiger partial charge in [-0.1, -0.05) is 60.7 Å². The van der Waals surface area contributed by atoms with Crippen LogP contribution in [0.1, 0.15) is 29.9 Å². The maximum Gasteiger partial charge on any atom is 0.328 e. The number of Topliss-reactive ketones (excluding diaryl/α,β-unsaturated/α-hetero) is 1. The van der Waals surface area contributed by atoms with Gasteiger partial charge in [-0.05, 0) is 17.0 Å². The molecule has 0 aliphatic heterocycles. The zero-order valence-electron chi connectivity index (χ0n) is 14.8. The number of hydrogen-bond acceptors (Lipinski definition) is 4. The molecular formula is C22H21NO4. The highest BCUT2D eigenvalue weighted by Gasteiger charge is 2.28. The molecular weight excluding hydrogens is 342 g/mol. The number of allylic oxidation sites excluding steroid dienone is 2. The van der Waals surface area contributed by atoms with Crippen LogP contribution in [0.5, 0.6) is 0 Å². The number of aliphatic imine (C=N–C) groups is 1. The molecule has 27 heavy (non-hydrogen) atoms. The van der Waals surface area contributed by atoms with E-state index in [2.05, 4.69) is 4.99 Å². The third kappa shape index (κ3) is 4.70. The summed E-state index contributed by atoms with van der Waals surface area (Å²) in [5, 5.41) is 19.7. The first-order valence-corrected chi connectivity index (χ1v) is 8.84. The van der Waals surface area contributed by atoms with Gasteiger partial charge in [0, 0.05) is 25.5 Å². The third-order valence-electron chi connectivity index (χ3n) is 4.69. The van der Waals surface area contributed by atoms with Gasteiger partial charge in [0.25, 0.3) is 0 Å². The van der Waals surface area contributed by atoms with E-state index in [1.807, 2.05) is 60.7 Å². The third-order valence-corrected chi connectivity index (χ3v) is 4.69. The van der Waals surface area contributed by atoms with Gasteiger partial charge in [0.1, 0.15) is 5.76 Å². The van der Waals surface area contributed by atoms with E-state index in [4.69, 9.17) is 0 Å². The Morgan fingerprint density at radius 3 is 2.30 bits per heavy atom. The number of benzene rings is 2. The van der Waals surface area contributed by atoms with E-state index in [0.29, 0.717) is 6.42 Å². The van der Waals surface area contributed by atoms with Crippen LogP contribution in [0.15, 0.2) is 77.0 Å².